The second-order valence-corrected chi connectivity index (χ2v) is 6.01. The Hall–Kier alpha value is -1.33. The number of hydrogen-bond donors (Lipinski definition) is 2. The Morgan fingerprint density at radius 2 is 2.25 bits per heavy atom. The van der Waals surface area contributed by atoms with Gasteiger partial charge in [-0.05, 0) is 36.3 Å². The molecule has 4 nitrogen and oxygen atoms in total. The zero-order valence-corrected chi connectivity index (χ0v) is 13.1. The number of aromatic amines is 1. The fraction of sp³-hybridized carbons (Fsp3) is 0.429. The van der Waals surface area contributed by atoms with Crippen LogP contribution >= 0.6 is 23.8 Å². The second-order valence-electron chi connectivity index (χ2n) is 5.19. The van der Waals surface area contributed by atoms with Gasteiger partial charge in [-0.25, -0.2) is 0 Å². The molecule has 0 saturated carbocycles. The molecule has 0 fully saturated rings. The van der Waals surface area contributed by atoms with Crippen LogP contribution in [0.3, 0.4) is 0 Å². The Morgan fingerprint density at radius 1 is 1.50 bits per heavy atom. The van der Waals surface area contributed by atoms with E-state index in [9.17, 15) is 4.79 Å². The van der Waals surface area contributed by atoms with Gasteiger partial charge >= 0.3 is 0 Å². The van der Waals surface area contributed by atoms with Crippen molar-refractivity contribution in [1.29, 1.82) is 0 Å². The van der Waals surface area contributed by atoms with E-state index in [4.69, 9.17) is 23.8 Å². The summed E-state index contributed by atoms with van der Waals surface area (Å²) < 4.78 is 2.52. The molecule has 0 radical (unpaired) electrons. The number of imidazole rings is 1. The Bertz CT molecular complexity index is 675. The molecule has 0 saturated heterocycles. The normalized spacial score (nSPS) is 11.2. The number of carbonyl (C=O) groups is 1. The van der Waals surface area contributed by atoms with Crippen molar-refractivity contribution >= 4 is 40.8 Å². The molecule has 6 heteroatoms. The van der Waals surface area contributed by atoms with E-state index >= 15 is 0 Å². The van der Waals surface area contributed by atoms with Gasteiger partial charge in [-0.2, -0.15) is 0 Å². The van der Waals surface area contributed by atoms with Crippen LogP contribution in [0, 0.1) is 10.7 Å². The quantitative estimate of drug-likeness (QED) is 0.830. The summed E-state index contributed by atoms with van der Waals surface area (Å²) in [6, 6.07) is 5.56. The largest absolute Gasteiger partial charge is 0.356 e. The van der Waals surface area contributed by atoms with Crippen LogP contribution in [-0.4, -0.2) is 22.0 Å². The maximum absolute atomic E-state index is 11.8. The van der Waals surface area contributed by atoms with Crippen molar-refractivity contribution < 1.29 is 4.79 Å². The average molecular weight is 312 g/mol. The lowest BCUT2D eigenvalue weighted by Crippen LogP contribution is -2.28. The van der Waals surface area contributed by atoms with Crippen LogP contribution in [0.5, 0.6) is 0 Å². The van der Waals surface area contributed by atoms with Crippen molar-refractivity contribution in [1.82, 2.24) is 14.9 Å². The molecule has 20 heavy (non-hydrogen) atoms. The molecule has 108 valence electrons. The van der Waals surface area contributed by atoms with Gasteiger partial charge in [0, 0.05) is 24.5 Å². The summed E-state index contributed by atoms with van der Waals surface area (Å²) in [7, 11) is 0. The van der Waals surface area contributed by atoms with Crippen LogP contribution in [0.4, 0.5) is 0 Å². The van der Waals surface area contributed by atoms with Crippen LogP contribution in [0.25, 0.3) is 11.0 Å². The van der Waals surface area contributed by atoms with Gasteiger partial charge in [-0.1, -0.05) is 25.4 Å². The first kappa shape index (κ1) is 15.1. The number of fused-ring (bicyclic) bond motifs is 1. The summed E-state index contributed by atoms with van der Waals surface area (Å²) in [5.41, 5.74) is 1.86. The van der Waals surface area contributed by atoms with Crippen molar-refractivity contribution in [2.45, 2.75) is 26.8 Å². The summed E-state index contributed by atoms with van der Waals surface area (Å²) in [6.45, 7) is 5.38. The van der Waals surface area contributed by atoms with E-state index in [1.54, 1.807) is 0 Å². The van der Waals surface area contributed by atoms with Gasteiger partial charge in [0.15, 0.2) is 4.77 Å². The molecule has 0 spiro atoms. The third-order valence-electron chi connectivity index (χ3n) is 3.01. The van der Waals surface area contributed by atoms with Gasteiger partial charge in [0.05, 0.1) is 11.0 Å². The molecule has 0 bridgehead atoms. The standard InChI is InChI=1S/C14H18ClN3OS/c1-9(2)8-16-13(19)5-6-18-12-7-10(15)3-4-11(12)17-14(18)20/h3-4,7,9H,5-6,8H2,1-2H3,(H,16,19)(H,17,20). The smallest absolute Gasteiger partial charge is 0.221 e. The third kappa shape index (κ3) is 3.61. The van der Waals surface area contributed by atoms with E-state index in [1.165, 1.54) is 0 Å². The fourth-order valence-corrected chi connectivity index (χ4v) is 2.43. The molecule has 1 aromatic heterocycles. The van der Waals surface area contributed by atoms with Crippen molar-refractivity contribution in [3.05, 3.63) is 28.0 Å². The fourth-order valence-electron chi connectivity index (χ4n) is 1.97. The van der Waals surface area contributed by atoms with Crippen LogP contribution in [-0.2, 0) is 11.3 Å². The van der Waals surface area contributed by atoms with Crippen molar-refractivity contribution in [2.24, 2.45) is 5.92 Å². The number of aryl methyl sites for hydroxylation is 1. The molecule has 1 amide bonds. The Kier molecular flexibility index (Phi) is 4.83. The van der Waals surface area contributed by atoms with Gasteiger partial charge in [-0.15, -0.1) is 0 Å². The van der Waals surface area contributed by atoms with Crippen LogP contribution in [0.15, 0.2) is 18.2 Å². The van der Waals surface area contributed by atoms with Crippen LogP contribution < -0.4 is 5.32 Å². The molecule has 0 aliphatic rings. The van der Waals surface area contributed by atoms with E-state index in [-0.39, 0.29) is 5.91 Å². The highest BCUT2D eigenvalue weighted by molar-refractivity contribution is 7.71. The molecule has 2 rings (SSSR count). The Balaban J connectivity index is 2.10. The van der Waals surface area contributed by atoms with Crippen LogP contribution in [0.2, 0.25) is 5.02 Å². The number of nitrogens with zero attached hydrogens (tertiary/aromatic N) is 1. The minimum Gasteiger partial charge on any atom is -0.356 e. The molecule has 2 aromatic rings. The minimum absolute atomic E-state index is 0.0389. The van der Waals surface area contributed by atoms with Gasteiger partial charge in [0.25, 0.3) is 0 Å². The van der Waals surface area contributed by atoms with Crippen molar-refractivity contribution in [2.75, 3.05) is 6.54 Å². The first-order chi connectivity index (χ1) is 9.47. The number of carbonyl (C=O) groups excluding carboxylic acids is 1. The molecule has 1 aromatic carbocycles. The Morgan fingerprint density at radius 3 is 2.95 bits per heavy atom. The Labute approximate surface area is 128 Å². The molecule has 0 unspecified atom stereocenters. The SMILES string of the molecule is CC(C)CNC(=O)CCn1c(=S)[nH]c2ccc(Cl)cc21. The molecule has 0 atom stereocenters. The number of amides is 1. The van der Waals surface area contributed by atoms with Gasteiger partial charge in [-0.3, -0.25) is 4.79 Å². The predicted octanol–water partition coefficient (Wildman–Crippen LogP) is 3.51. The highest BCUT2D eigenvalue weighted by Gasteiger charge is 2.08. The van der Waals surface area contributed by atoms with Crippen molar-refractivity contribution in [3.8, 4) is 0 Å². The maximum Gasteiger partial charge on any atom is 0.221 e. The molecule has 0 aliphatic heterocycles. The van der Waals surface area contributed by atoms with E-state index < -0.39 is 0 Å². The highest BCUT2D eigenvalue weighted by Crippen LogP contribution is 2.19. The summed E-state index contributed by atoms with van der Waals surface area (Å²) in [5.74, 6) is 0.491. The van der Waals surface area contributed by atoms with E-state index in [2.05, 4.69) is 24.1 Å². The topological polar surface area (TPSA) is 49.8 Å². The zero-order chi connectivity index (χ0) is 14.7. The average Bonchev–Trinajstić information content (AvgIpc) is 2.69. The lowest BCUT2D eigenvalue weighted by molar-refractivity contribution is -0.121. The molecular weight excluding hydrogens is 294 g/mol. The monoisotopic (exact) mass is 311 g/mol. The summed E-state index contributed by atoms with van der Waals surface area (Å²) in [4.78, 5) is 14.9. The predicted molar refractivity (Wildman–Crippen MR) is 84.6 cm³/mol. The molecular formula is C14H18ClN3OS. The zero-order valence-electron chi connectivity index (χ0n) is 11.6. The number of H-pyrrole nitrogens is 1. The van der Waals surface area contributed by atoms with E-state index in [0.29, 0.717) is 35.2 Å². The van der Waals surface area contributed by atoms with Gasteiger partial charge in [0.1, 0.15) is 0 Å². The first-order valence-electron chi connectivity index (χ1n) is 6.62. The highest BCUT2D eigenvalue weighted by atomic mass is 35.5. The molecule has 0 aliphatic carbocycles. The minimum atomic E-state index is 0.0389. The third-order valence-corrected chi connectivity index (χ3v) is 3.56. The number of benzene rings is 1. The van der Waals surface area contributed by atoms with E-state index in [1.807, 2.05) is 22.8 Å². The van der Waals surface area contributed by atoms with E-state index in [0.717, 1.165) is 11.0 Å². The lowest BCUT2D eigenvalue weighted by Gasteiger charge is -2.08. The molecule has 1 heterocycles. The van der Waals surface area contributed by atoms with Crippen LogP contribution in [0.1, 0.15) is 20.3 Å². The summed E-state index contributed by atoms with van der Waals surface area (Å²) in [5, 5.41) is 3.56. The lowest BCUT2D eigenvalue weighted by atomic mass is 10.2. The number of rotatable bonds is 5. The number of nitrogens with one attached hydrogen (secondary N) is 2. The first-order valence-corrected chi connectivity index (χ1v) is 7.40. The van der Waals surface area contributed by atoms with Crippen molar-refractivity contribution in [3.63, 3.8) is 0 Å². The second kappa shape index (κ2) is 6.41. The summed E-state index contributed by atoms with van der Waals surface area (Å²) in [6.07, 6.45) is 0.403. The summed E-state index contributed by atoms with van der Waals surface area (Å²) >= 11 is 11.3. The maximum atomic E-state index is 11.8. The van der Waals surface area contributed by atoms with Gasteiger partial charge in [0.2, 0.25) is 5.91 Å². The molecule has 2 N–H and O–H groups in total. The number of halogens is 1. The number of aromatic nitrogens is 2. The van der Waals surface area contributed by atoms with Gasteiger partial charge < -0.3 is 14.9 Å². The number of hydrogen-bond acceptors (Lipinski definition) is 2.